The second-order valence-corrected chi connectivity index (χ2v) is 9.46. The second kappa shape index (κ2) is 8.61. The van der Waals surface area contributed by atoms with Gasteiger partial charge in [-0.05, 0) is 44.2 Å². The van der Waals surface area contributed by atoms with Crippen molar-refractivity contribution >= 4 is 15.9 Å². The molecule has 27 heavy (non-hydrogen) atoms. The van der Waals surface area contributed by atoms with Crippen LogP contribution in [-0.4, -0.2) is 44.4 Å². The lowest BCUT2D eigenvalue weighted by Gasteiger charge is -2.26. The lowest BCUT2D eigenvalue weighted by Crippen LogP contribution is -2.48. The van der Waals surface area contributed by atoms with Crippen LogP contribution in [0, 0.1) is 6.92 Å². The molecule has 1 saturated carbocycles. The topological polar surface area (TPSA) is 75.7 Å². The van der Waals surface area contributed by atoms with Gasteiger partial charge < -0.3 is 10.1 Å². The Bertz CT molecular complexity index is 770. The van der Waals surface area contributed by atoms with Crippen molar-refractivity contribution in [1.29, 1.82) is 0 Å². The molecule has 0 bridgehead atoms. The molecule has 1 heterocycles. The Morgan fingerprint density at radius 3 is 2.48 bits per heavy atom. The first-order valence-electron chi connectivity index (χ1n) is 9.90. The van der Waals surface area contributed by atoms with Gasteiger partial charge in [-0.2, -0.15) is 4.31 Å². The van der Waals surface area contributed by atoms with Gasteiger partial charge in [-0.25, -0.2) is 8.42 Å². The SMILES string of the molecule is COc1ccc(C)c(S(=O)(=O)N2CCC[C@@H]2C(=O)NC2CCCCCC2)c1. The van der Waals surface area contributed by atoms with Gasteiger partial charge in [0.05, 0.1) is 12.0 Å². The number of rotatable bonds is 5. The fourth-order valence-electron chi connectivity index (χ4n) is 4.12. The number of sulfonamides is 1. The molecule has 0 unspecified atom stereocenters. The van der Waals surface area contributed by atoms with Gasteiger partial charge in [0.2, 0.25) is 15.9 Å². The van der Waals surface area contributed by atoms with Crippen molar-refractivity contribution in [2.24, 2.45) is 0 Å². The molecule has 3 rings (SSSR count). The quantitative estimate of drug-likeness (QED) is 0.779. The van der Waals surface area contributed by atoms with E-state index in [2.05, 4.69) is 5.32 Å². The van der Waals surface area contributed by atoms with Crippen LogP contribution in [0.2, 0.25) is 0 Å². The Morgan fingerprint density at radius 2 is 1.81 bits per heavy atom. The zero-order valence-corrected chi connectivity index (χ0v) is 17.1. The number of benzene rings is 1. The highest BCUT2D eigenvalue weighted by molar-refractivity contribution is 7.89. The third kappa shape index (κ3) is 4.46. The van der Waals surface area contributed by atoms with Gasteiger partial charge in [-0.15, -0.1) is 0 Å². The van der Waals surface area contributed by atoms with Crippen LogP contribution in [-0.2, 0) is 14.8 Å². The first-order chi connectivity index (χ1) is 12.9. The summed E-state index contributed by atoms with van der Waals surface area (Å²) in [6.45, 7) is 2.14. The van der Waals surface area contributed by atoms with Crippen LogP contribution in [0.1, 0.15) is 56.9 Å². The minimum absolute atomic E-state index is 0.150. The second-order valence-electron chi connectivity index (χ2n) is 7.60. The molecule has 0 spiro atoms. The molecule has 2 fully saturated rings. The zero-order chi connectivity index (χ0) is 19.4. The predicted octanol–water partition coefficient (Wildman–Crippen LogP) is 3.00. The minimum Gasteiger partial charge on any atom is -0.497 e. The molecule has 0 radical (unpaired) electrons. The molecule has 2 aliphatic rings. The van der Waals surface area contributed by atoms with Gasteiger partial charge in [0.1, 0.15) is 11.8 Å². The number of methoxy groups -OCH3 is 1. The lowest BCUT2D eigenvalue weighted by molar-refractivity contribution is -0.125. The maximum Gasteiger partial charge on any atom is 0.244 e. The van der Waals surface area contributed by atoms with Crippen LogP contribution in [0.25, 0.3) is 0 Å². The molecule has 1 aromatic carbocycles. The number of nitrogens with one attached hydrogen (secondary N) is 1. The molecule has 1 N–H and O–H groups in total. The minimum atomic E-state index is -3.75. The van der Waals surface area contributed by atoms with E-state index < -0.39 is 16.1 Å². The fourth-order valence-corrected chi connectivity index (χ4v) is 6.02. The Balaban J connectivity index is 1.79. The number of nitrogens with zero attached hydrogens (tertiary/aromatic N) is 1. The molecule has 150 valence electrons. The maximum absolute atomic E-state index is 13.3. The van der Waals surface area contributed by atoms with Gasteiger partial charge in [0.25, 0.3) is 0 Å². The summed E-state index contributed by atoms with van der Waals surface area (Å²) in [4.78, 5) is 13.1. The van der Waals surface area contributed by atoms with E-state index in [0.29, 0.717) is 30.7 Å². The van der Waals surface area contributed by atoms with Crippen molar-refractivity contribution in [3.63, 3.8) is 0 Å². The summed E-state index contributed by atoms with van der Waals surface area (Å²) in [7, 11) is -2.24. The van der Waals surface area contributed by atoms with Crippen molar-refractivity contribution < 1.29 is 17.9 Å². The van der Waals surface area contributed by atoms with Crippen LogP contribution in [0.5, 0.6) is 5.75 Å². The normalized spacial score (nSPS) is 22.4. The summed E-state index contributed by atoms with van der Waals surface area (Å²) in [5.41, 5.74) is 0.658. The number of amides is 1. The Morgan fingerprint density at radius 1 is 1.11 bits per heavy atom. The molecule has 6 nitrogen and oxygen atoms in total. The van der Waals surface area contributed by atoms with Crippen molar-refractivity contribution in [3.8, 4) is 5.75 Å². The highest BCUT2D eigenvalue weighted by atomic mass is 32.2. The van der Waals surface area contributed by atoms with Gasteiger partial charge in [-0.1, -0.05) is 31.7 Å². The summed E-state index contributed by atoms with van der Waals surface area (Å²) >= 11 is 0. The molecule has 7 heteroatoms. The zero-order valence-electron chi connectivity index (χ0n) is 16.2. The van der Waals surface area contributed by atoms with E-state index in [1.807, 2.05) is 0 Å². The third-order valence-corrected chi connectivity index (χ3v) is 7.74. The maximum atomic E-state index is 13.3. The molecule has 1 saturated heterocycles. The average molecular weight is 395 g/mol. The first-order valence-corrected chi connectivity index (χ1v) is 11.3. The van der Waals surface area contributed by atoms with Gasteiger partial charge in [0.15, 0.2) is 0 Å². The van der Waals surface area contributed by atoms with Crippen LogP contribution in [0.15, 0.2) is 23.1 Å². The predicted molar refractivity (Wildman–Crippen MR) is 104 cm³/mol. The number of carbonyl (C=O) groups excluding carboxylic acids is 1. The summed E-state index contributed by atoms with van der Waals surface area (Å²) in [6, 6.07) is 4.58. The number of hydrogen-bond acceptors (Lipinski definition) is 4. The van der Waals surface area contributed by atoms with E-state index in [1.165, 1.54) is 24.3 Å². The summed E-state index contributed by atoms with van der Waals surface area (Å²) in [5, 5.41) is 3.12. The van der Waals surface area contributed by atoms with Crippen molar-refractivity contribution in [1.82, 2.24) is 9.62 Å². The van der Waals surface area contributed by atoms with E-state index in [4.69, 9.17) is 4.74 Å². The standard InChI is InChI=1S/C20H30N2O4S/c1-15-11-12-17(26-2)14-19(15)27(24,25)22-13-7-10-18(22)20(23)21-16-8-5-3-4-6-9-16/h11-12,14,16,18H,3-10,13H2,1-2H3,(H,21,23)/t18-/m1/s1. The molecule has 1 atom stereocenters. The van der Waals surface area contributed by atoms with E-state index >= 15 is 0 Å². The number of ether oxygens (including phenoxy) is 1. The summed E-state index contributed by atoms with van der Waals surface area (Å²) < 4.78 is 33.1. The highest BCUT2D eigenvalue weighted by Gasteiger charge is 2.40. The van der Waals surface area contributed by atoms with Crippen molar-refractivity contribution in [3.05, 3.63) is 23.8 Å². The Labute approximate surface area is 162 Å². The first kappa shape index (κ1) is 20.1. The smallest absolute Gasteiger partial charge is 0.244 e. The Hall–Kier alpha value is -1.60. The summed E-state index contributed by atoms with van der Waals surface area (Å²) in [5.74, 6) is 0.348. The van der Waals surface area contributed by atoms with Gasteiger partial charge >= 0.3 is 0 Å². The molecule has 1 aliphatic heterocycles. The highest BCUT2D eigenvalue weighted by Crippen LogP contribution is 2.30. The van der Waals surface area contributed by atoms with Gasteiger partial charge in [0, 0.05) is 18.7 Å². The number of aryl methyl sites for hydroxylation is 1. The Kier molecular flexibility index (Phi) is 6.42. The summed E-state index contributed by atoms with van der Waals surface area (Å²) in [6.07, 6.45) is 7.92. The lowest BCUT2D eigenvalue weighted by atomic mass is 10.1. The van der Waals surface area contributed by atoms with Gasteiger partial charge in [-0.3, -0.25) is 4.79 Å². The molecular weight excluding hydrogens is 364 g/mol. The molecular formula is C20H30N2O4S. The fraction of sp³-hybridized carbons (Fsp3) is 0.650. The largest absolute Gasteiger partial charge is 0.497 e. The average Bonchev–Trinajstić information content (AvgIpc) is 3.02. The molecule has 1 aromatic rings. The van der Waals surface area contributed by atoms with Crippen LogP contribution in [0.3, 0.4) is 0 Å². The monoisotopic (exact) mass is 394 g/mol. The van der Waals surface area contributed by atoms with Crippen molar-refractivity contribution in [2.75, 3.05) is 13.7 Å². The number of hydrogen-bond donors (Lipinski definition) is 1. The van der Waals surface area contributed by atoms with E-state index in [0.717, 1.165) is 25.7 Å². The van der Waals surface area contributed by atoms with Crippen LogP contribution >= 0.6 is 0 Å². The third-order valence-electron chi connectivity index (χ3n) is 5.69. The molecule has 1 aliphatic carbocycles. The van der Waals surface area contributed by atoms with E-state index in [-0.39, 0.29) is 16.8 Å². The van der Waals surface area contributed by atoms with E-state index in [1.54, 1.807) is 25.1 Å². The molecule has 0 aromatic heterocycles. The molecule has 1 amide bonds. The van der Waals surface area contributed by atoms with Crippen molar-refractivity contribution in [2.45, 2.75) is 75.3 Å². The number of carbonyl (C=O) groups is 1. The van der Waals surface area contributed by atoms with Crippen LogP contribution in [0.4, 0.5) is 0 Å². The van der Waals surface area contributed by atoms with E-state index in [9.17, 15) is 13.2 Å². The van der Waals surface area contributed by atoms with Crippen LogP contribution < -0.4 is 10.1 Å².